The molecule has 1 amide bonds. The summed E-state index contributed by atoms with van der Waals surface area (Å²) < 4.78 is 27.6. The van der Waals surface area contributed by atoms with Crippen LogP contribution in [0.1, 0.15) is 69.3 Å². The van der Waals surface area contributed by atoms with E-state index in [0.29, 0.717) is 18.7 Å². The molecule has 0 radical (unpaired) electrons. The molecule has 0 bridgehead atoms. The Bertz CT molecular complexity index is 751. The molecule has 1 aliphatic rings. The Balaban J connectivity index is 2.22. The Morgan fingerprint density at radius 1 is 1.27 bits per heavy atom. The first kappa shape index (κ1) is 20.9. The number of amides is 1. The van der Waals surface area contributed by atoms with Gasteiger partial charge in [0, 0.05) is 24.7 Å². The number of aryl methyl sites for hydroxylation is 1. The van der Waals surface area contributed by atoms with Crippen molar-refractivity contribution in [2.45, 2.75) is 71.2 Å². The van der Waals surface area contributed by atoms with Crippen LogP contribution < -0.4 is 5.32 Å². The van der Waals surface area contributed by atoms with Crippen molar-refractivity contribution in [1.82, 2.24) is 9.62 Å². The minimum Gasteiger partial charge on any atom is -0.352 e. The van der Waals surface area contributed by atoms with Crippen molar-refractivity contribution >= 4 is 15.9 Å². The van der Waals surface area contributed by atoms with Crippen LogP contribution >= 0.6 is 0 Å². The zero-order valence-electron chi connectivity index (χ0n) is 16.6. The topological polar surface area (TPSA) is 66.5 Å². The second kappa shape index (κ2) is 8.09. The van der Waals surface area contributed by atoms with Gasteiger partial charge in [0.25, 0.3) is 5.91 Å². The van der Waals surface area contributed by atoms with Crippen LogP contribution in [-0.4, -0.2) is 37.8 Å². The minimum atomic E-state index is -3.57. The van der Waals surface area contributed by atoms with Crippen molar-refractivity contribution in [3.05, 3.63) is 29.3 Å². The lowest BCUT2D eigenvalue weighted by Gasteiger charge is -2.32. The summed E-state index contributed by atoms with van der Waals surface area (Å²) in [6.45, 7) is 11.3. The molecule has 0 aliphatic carbocycles. The van der Waals surface area contributed by atoms with Crippen LogP contribution in [0.4, 0.5) is 0 Å². The van der Waals surface area contributed by atoms with Crippen LogP contribution in [0.15, 0.2) is 23.1 Å². The van der Waals surface area contributed by atoms with Gasteiger partial charge in [-0.05, 0) is 56.2 Å². The molecule has 6 heteroatoms. The average Bonchev–Trinajstić information content (AvgIpc) is 2.54. The maximum Gasteiger partial charge on any atom is 0.251 e. The van der Waals surface area contributed by atoms with Crippen molar-refractivity contribution in [1.29, 1.82) is 0 Å². The molecule has 1 aromatic carbocycles. The lowest BCUT2D eigenvalue weighted by molar-refractivity contribution is 0.0948. The first-order valence-corrected chi connectivity index (χ1v) is 10.9. The molecule has 1 aliphatic heterocycles. The maximum atomic E-state index is 13.0. The summed E-state index contributed by atoms with van der Waals surface area (Å²) in [5.41, 5.74) is 1.35. The summed E-state index contributed by atoms with van der Waals surface area (Å²) in [6, 6.07) is 4.86. The fourth-order valence-corrected chi connectivity index (χ4v) is 4.94. The zero-order chi connectivity index (χ0) is 19.5. The van der Waals surface area contributed by atoms with Gasteiger partial charge in [0.05, 0.1) is 4.90 Å². The summed E-state index contributed by atoms with van der Waals surface area (Å²) in [5.74, 6) is -0.213. The summed E-state index contributed by atoms with van der Waals surface area (Å²) in [6.07, 6.45) is 3.68. The zero-order valence-corrected chi connectivity index (χ0v) is 17.4. The number of nitrogens with one attached hydrogen (secondary N) is 1. The van der Waals surface area contributed by atoms with E-state index in [2.05, 4.69) is 26.1 Å². The van der Waals surface area contributed by atoms with Gasteiger partial charge in [0.2, 0.25) is 10.0 Å². The predicted octanol–water partition coefficient (Wildman–Crippen LogP) is 3.72. The Morgan fingerprint density at radius 3 is 2.58 bits per heavy atom. The third-order valence-corrected chi connectivity index (χ3v) is 6.97. The Hall–Kier alpha value is -1.40. The molecule has 26 heavy (non-hydrogen) atoms. The summed E-state index contributed by atoms with van der Waals surface area (Å²) in [4.78, 5) is 12.8. The monoisotopic (exact) mass is 380 g/mol. The van der Waals surface area contributed by atoms with Crippen molar-refractivity contribution in [3.63, 3.8) is 0 Å². The van der Waals surface area contributed by atoms with Crippen molar-refractivity contribution in [2.24, 2.45) is 5.41 Å². The number of hydrogen-bond donors (Lipinski definition) is 1. The van der Waals surface area contributed by atoms with Crippen LogP contribution in [0, 0.1) is 12.3 Å². The third-order valence-electron chi connectivity index (χ3n) is 4.96. The van der Waals surface area contributed by atoms with E-state index in [0.717, 1.165) is 31.2 Å². The van der Waals surface area contributed by atoms with Crippen molar-refractivity contribution in [3.8, 4) is 0 Å². The van der Waals surface area contributed by atoms with E-state index in [4.69, 9.17) is 0 Å². The highest BCUT2D eigenvalue weighted by Gasteiger charge is 2.31. The van der Waals surface area contributed by atoms with E-state index in [1.807, 2.05) is 13.8 Å². The molecule has 2 rings (SSSR count). The smallest absolute Gasteiger partial charge is 0.251 e. The summed E-state index contributed by atoms with van der Waals surface area (Å²) in [5, 5.41) is 2.92. The highest BCUT2D eigenvalue weighted by molar-refractivity contribution is 7.89. The van der Waals surface area contributed by atoms with E-state index in [9.17, 15) is 13.2 Å². The van der Waals surface area contributed by atoms with Crippen LogP contribution in [0.5, 0.6) is 0 Å². The van der Waals surface area contributed by atoms with Crippen molar-refractivity contribution < 1.29 is 13.2 Å². The molecule has 1 N–H and O–H groups in total. The predicted molar refractivity (Wildman–Crippen MR) is 105 cm³/mol. The minimum absolute atomic E-state index is 0.000819. The average molecular weight is 381 g/mol. The Labute approximate surface area is 158 Å². The van der Waals surface area contributed by atoms with Crippen LogP contribution in [0.3, 0.4) is 0 Å². The number of hydrogen-bond acceptors (Lipinski definition) is 3. The molecular weight excluding hydrogens is 348 g/mol. The fourth-order valence-electron chi connectivity index (χ4n) is 3.22. The molecule has 0 saturated carbocycles. The van der Waals surface area contributed by atoms with Crippen LogP contribution in [0.25, 0.3) is 0 Å². The normalized spacial score (nSPS) is 19.3. The van der Waals surface area contributed by atoms with Gasteiger partial charge >= 0.3 is 0 Å². The second-order valence-electron chi connectivity index (χ2n) is 8.50. The van der Waals surface area contributed by atoms with Gasteiger partial charge < -0.3 is 5.32 Å². The molecule has 1 saturated heterocycles. The van der Waals surface area contributed by atoms with Gasteiger partial charge in [-0.2, -0.15) is 4.31 Å². The first-order chi connectivity index (χ1) is 12.0. The van der Waals surface area contributed by atoms with E-state index in [-0.39, 0.29) is 22.3 Å². The molecule has 0 spiro atoms. The van der Waals surface area contributed by atoms with E-state index >= 15 is 0 Å². The number of carbonyl (C=O) groups is 1. The number of nitrogens with zero attached hydrogens (tertiary/aromatic N) is 1. The van der Waals surface area contributed by atoms with Gasteiger partial charge in [-0.25, -0.2) is 8.42 Å². The number of rotatable bonds is 5. The molecule has 1 heterocycles. The molecule has 5 nitrogen and oxygen atoms in total. The van der Waals surface area contributed by atoms with Crippen molar-refractivity contribution in [2.75, 3.05) is 13.1 Å². The second-order valence-corrected chi connectivity index (χ2v) is 10.4. The van der Waals surface area contributed by atoms with Gasteiger partial charge in [-0.1, -0.05) is 33.3 Å². The van der Waals surface area contributed by atoms with Gasteiger partial charge in [-0.3, -0.25) is 4.79 Å². The van der Waals surface area contributed by atoms with Gasteiger partial charge in [0.15, 0.2) is 0 Å². The largest absolute Gasteiger partial charge is 0.352 e. The van der Waals surface area contributed by atoms with E-state index in [1.165, 1.54) is 6.07 Å². The van der Waals surface area contributed by atoms with E-state index < -0.39 is 10.0 Å². The molecule has 1 atom stereocenters. The SMILES string of the molecule is Cc1ccc(S(=O)(=O)N2CCCCC2C)cc1C(=O)NCCC(C)(C)C. The van der Waals surface area contributed by atoms with Crippen LogP contribution in [0.2, 0.25) is 0 Å². The highest BCUT2D eigenvalue weighted by atomic mass is 32.2. The van der Waals surface area contributed by atoms with Gasteiger partial charge in [-0.15, -0.1) is 0 Å². The van der Waals surface area contributed by atoms with E-state index in [1.54, 1.807) is 16.4 Å². The number of carbonyl (C=O) groups excluding carboxylic acids is 1. The quantitative estimate of drug-likeness (QED) is 0.846. The number of benzene rings is 1. The standard InChI is InChI=1S/C20H32N2O3S/c1-15-9-10-17(26(24,25)22-13-7-6-8-16(22)2)14-18(15)19(23)21-12-11-20(3,4)5/h9-10,14,16H,6-8,11-13H2,1-5H3,(H,21,23). The molecule has 0 aromatic heterocycles. The summed E-state index contributed by atoms with van der Waals surface area (Å²) in [7, 11) is -3.57. The fraction of sp³-hybridized carbons (Fsp3) is 0.650. The lowest BCUT2D eigenvalue weighted by atomic mass is 9.92. The first-order valence-electron chi connectivity index (χ1n) is 9.43. The lowest BCUT2D eigenvalue weighted by Crippen LogP contribution is -2.42. The molecule has 1 aromatic rings. The Morgan fingerprint density at radius 2 is 1.96 bits per heavy atom. The Kier molecular flexibility index (Phi) is 6.51. The van der Waals surface area contributed by atoms with Crippen LogP contribution in [-0.2, 0) is 10.0 Å². The summed E-state index contributed by atoms with van der Waals surface area (Å²) >= 11 is 0. The maximum absolute atomic E-state index is 13.0. The molecule has 1 fully saturated rings. The molecular formula is C20H32N2O3S. The molecule has 146 valence electrons. The number of piperidine rings is 1. The number of sulfonamides is 1. The third kappa shape index (κ3) is 5.07. The highest BCUT2D eigenvalue weighted by Crippen LogP contribution is 2.26. The molecule has 1 unspecified atom stereocenters. The van der Waals surface area contributed by atoms with Gasteiger partial charge in [0.1, 0.15) is 0 Å².